The van der Waals surface area contributed by atoms with Crippen LogP contribution in [0.3, 0.4) is 0 Å². The molecule has 0 aromatic carbocycles. The zero-order valence-corrected chi connectivity index (χ0v) is 9.87. The van der Waals surface area contributed by atoms with Gasteiger partial charge in [-0.1, -0.05) is 5.16 Å². The van der Waals surface area contributed by atoms with Gasteiger partial charge in [-0.15, -0.1) is 0 Å². The lowest BCUT2D eigenvalue weighted by Crippen LogP contribution is -1.97. The van der Waals surface area contributed by atoms with Crippen molar-refractivity contribution in [3.63, 3.8) is 0 Å². The molecule has 0 aliphatic carbocycles. The van der Waals surface area contributed by atoms with Gasteiger partial charge in [0.15, 0.2) is 5.76 Å². The molecule has 6 heteroatoms. The summed E-state index contributed by atoms with van der Waals surface area (Å²) in [6.07, 6.45) is 3.38. The van der Waals surface area contributed by atoms with Gasteiger partial charge in [0.2, 0.25) is 0 Å². The topological polar surface area (TPSA) is 87.3 Å². The highest BCUT2D eigenvalue weighted by Crippen LogP contribution is 2.23. The van der Waals surface area contributed by atoms with Crippen molar-refractivity contribution in [2.75, 3.05) is 0 Å². The average molecular weight is 244 g/mol. The Hall–Kier alpha value is -2.55. The van der Waals surface area contributed by atoms with Crippen LogP contribution < -0.4 is 0 Å². The number of hydrogen-bond acceptors (Lipinski definition) is 5. The number of oxime groups is 1. The molecule has 1 N–H and O–H groups in total. The quantitative estimate of drug-likeness (QED) is 0.507. The first-order valence-corrected chi connectivity index (χ1v) is 5.43. The van der Waals surface area contributed by atoms with E-state index < -0.39 is 0 Å². The molecule has 0 amide bonds. The Labute approximate surface area is 104 Å². The van der Waals surface area contributed by atoms with Gasteiger partial charge >= 0.3 is 0 Å². The lowest BCUT2D eigenvalue weighted by atomic mass is 10.2. The van der Waals surface area contributed by atoms with E-state index in [1.165, 1.54) is 6.21 Å². The minimum Gasteiger partial charge on any atom is -0.460 e. The maximum atomic E-state index is 8.63. The molecule has 2 aromatic heterocycles. The van der Waals surface area contributed by atoms with Gasteiger partial charge in [0.25, 0.3) is 0 Å². The van der Waals surface area contributed by atoms with Crippen LogP contribution in [0.25, 0.3) is 11.5 Å². The molecule has 2 rings (SSSR count). The molecule has 18 heavy (non-hydrogen) atoms. The SMILES string of the molecule is Cc1ccc(-c2nn(CCC#N)cc2/C=N\O)o1. The second-order valence-corrected chi connectivity index (χ2v) is 3.76. The molecule has 0 unspecified atom stereocenters. The van der Waals surface area contributed by atoms with Crippen LogP contribution in [-0.4, -0.2) is 21.2 Å². The first-order valence-electron chi connectivity index (χ1n) is 5.43. The molecule has 0 radical (unpaired) electrons. The maximum absolute atomic E-state index is 8.63. The maximum Gasteiger partial charge on any atom is 0.155 e. The van der Waals surface area contributed by atoms with Crippen molar-refractivity contribution in [3.8, 4) is 17.5 Å². The summed E-state index contributed by atoms with van der Waals surface area (Å²) in [6, 6.07) is 5.70. The first-order chi connectivity index (χ1) is 8.74. The monoisotopic (exact) mass is 244 g/mol. The van der Waals surface area contributed by atoms with Crippen molar-refractivity contribution in [3.05, 3.63) is 29.7 Å². The fourth-order valence-corrected chi connectivity index (χ4v) is 1.63. The highest BCUT2D eigenvalue weighted by atomic mass is 16.4. The van der Waals surface area contributed by atoms with E-state index in [0.29, 0.717) is 30.0 Å². The first kappa shape index (κ1) is 11.9. The van der Waals surface area contributed by atoms with Crippen LogP contribution in [0.5, 0.6) is 0 Å². The van der Waals surface area contributed by atoms with Gasteiger partial charge in [-0.3, -0.25) is 4.68 Å². The third-order valence-corrected chi connectivity index (χ3v) is 2.41. The Balaban J connectivity index is 2.38. The Morgan fingerprint density at radius 3 is 3.06 bits per heavy atom. The normalized spacial score (nSPS) is 10.9. The predicted molar refractivity (Wildman–Crippen MR) is 64.3 cm³/mol. The molecule has 0 saturated heterocycles. The van der Waals surface area contributed by atoms with E-state index in [1.54, 1.807) is 16.9 Å². The fraction of sp³-hybridized carbons (Fsp3) is 0.250. The molecule has 0 atom stereocenters. The molecule has 0 aliphatic heterocycles. The minimum absolute atomic E-state index is 0.369. The van der Waals surface area contributed by atoms with Crippen molar-refractivity contribution >= 4 is 6.21 Å². The summed E-state index contributed by atoms with van der Waals surface area (Å²) in [5, 5.41) is 24.5. The highest BCUT2D eigenvalue weighted by molar-refractivity contribution is 5.87. The number of furan rings is 1. The lowest BCUT2D eigenvalue weighted by Gasteiger charge is -1.94. The summed E-state index contributed by atoms with van der Waals surface area (Å²) in [6.45, 7) is 2.33. The van der Waals surface area contributed by atoms with Crippen LogP contribution in [0.4, 0.5) is 0 Å². The molecule has 2 heterocycles. The van der Waals surface area contributed by atoms with Crippen LogP contribution in [0.15, 0.2) is 27.9 Å². The Morgan fingerprint density at radius 1 is 1.61 bits per heavy atom. The Kier molecular flexibility index (Phi) is 3.44. The van der Waals surface area contributed by atoms with E-state index in [-0.39, 0.29) is 0 Å². The Bertz CT molecular complexity index is 604. The summed E-state index contributed by atoms with van der Waals surface area (Å²) in [5.74, 6) is 1.39. The second-order valence-electron chi connectivity index (χ2n) is 3.76. The van der Waals surface area contributed by atoms with Crippen molar-refractivity contribution in [1.29, 1.82) is 5.26 Å². The molecule has 0 aliphatic rings. The van der Waals surface area contributed by atoms with E-state index >= 15 is 0 Å². The van der Waals surface area contributed by atoms with Crippen LogP contribution in [0, 0.1) is 18.3 Å². The molecule has 0 bridgehead atoms. The standard InChI is InChI=1S/C12H12N4O2/c1-9-3-4-11(18-9)12-10(7-14-17)8-16(15-12)6-2-5-13/h3-4,7-8,17H,2,6H2,1H3/b14-7-. The van der Waals surface area contributed by atoms with E-state index in [9.17, 15) is 0 Å². The molecular weight excluding hydrogens is 232 g/mol. The predicted octanol–water partition coefficient (Wildman–Crippen LogP) is 2.17. The van der Waals surface area contributed by atoms with Crippen molar-refractivity contribution in [1.82, 2.24) is 9.78 Å². The van der Waals surface area contributed by atoms with Crippen LogP contribution >= 0.6 is 0 Å². The van der Waals surface area contributed by atoms with Gasteiger partial charge in [-0.2, -0.15) is 10.4 Å². The van der Waals surface area contributed by atoms with Crippen LogP contribution in [0.1, 0.15) is 17.7 Å². The number of aryl methyl sites for hydroxylation is 2. The number of nitrogens with zero attached hydrogens (tertiary/aromatic N) is 4. The van der Waals surface area contributed by atoms with Gasteiger partial charge in [-0.05, 0) is 19.1 Å². The molecule has 0 spiro atoms. The second kappa shape index (κ2) is 5.19. The lowest BCUT2D eigenvalue weighted by molar-refractivity contribution is 0.322. The number of nitriles is 1. The van der Waals surface area contributed by atoms with E-state index in [4.69, 9.17) is 14.9 Å². The van der Waals surface area contributed by atoms with Crippen molar-refractivity contribution in [2.24, 2.45) is 5.16 Å². The Morgan fingerprint density at radius 2 is 2.44 bits per heavy atom. The summed E-state index contributed by atoms with van der Waals surface area (Å²) >= 11 is 0. The highest BCUT2D eigenvalue weighted by Gasteiger charge is 2.13. The van der Waals surface area contributed by atoms with E-state index in [1.807, 2.05) is 13.0 Å². The summed E-state index contributed by atoms with van der Waals surface area (Å²) < 4.78 is 7.12. The van der Waals surface area contributed by atoms with Crippen molar-refractivity contribution in [2.45, 2.75) is 19.9 Å². The molecule has 0 saturated carbocycles. The third-order valence-electron chi connectivity index (χ3n) is 2.41. The molecule has 6 nitrogen and oxygen atoms in total. The minimum atomic E-state index is 0.369. The smallest absolute Gasteiger partial charge is 0.155 e. The van der Waals surface area contributed by atoms with Crippen LogP contribution in [-0.2, 0) is 6.54 Å². The van der Waals surface area contributed by atoms with Crippen LogP contribution in [0.2, 0.25) is 0 Å². The van der Waals surface area contributed by atoms with Gasteiger partial charge < -0.3 is 9.62 Å². The van der Waals surface area contributed by atoms with Gasteiger partial charge in [0.05, 0.1) is 25.2 Å². The average Bonchev–Trinajstić information content (AvgIpc) is 2.93. The largest absolute Gasteiger partial charge is 0.460 e. The zero-order valence-electron chi connectivity index (χ0n) is 9.87. The number of hydrogen-bond donors (Lipinski definition) is 1. The fourth-order valence-electron chi connectivity index (χ4n) is 1.63. The van der Waals surface area contributed by atoms with Gasteiger partial charge in [-0.25, -0.2) is 0 Å². The zero-order chi connectivity index (χ0) is 13.0. The number of aromatic nitrogens is 2. The van der Waals surface area contributed by atoms with Crippen molar-refractivity contribution < 1.29 is 9.62 Å². The summed E-state index contributed by atoms with van der Waals surface area (Å²) in [5.41, 5.74) is 1.24. The summed E-state index contributed by atoms with van der Waals surface area (Å²) in [4.78, 5) is 0. The van der Waals surface area contributed by atoms with Gasteiger partial charge in [0.1, 0.15) is 11.5 Å². The molecular formula is C12H12N4O2. The van der Waals surface area contributed by atoms with Gasteiger partial charge in [0, 0.05) is 11.8 Å². The van der Waals surface area contributed by atoms with E-state index in [0.717, 1.165) is 5.76 Å². The molecule has 92 valence electrons. The molecule has 2 aromatic rings. The number of rotatable bonds is 4. The molecule has 0 fully saturated rings. The summed E-state index contributed by atoms with van der Waals surface area (Å²) in [7, 11) is 0. The van der Waals surface area contributed by atoms with E-state index in [2.05, 4.69) is 16.3 Å². The third kappa shape index (κ3) is 2.40.